The molecule has 0 heterocycles. The van der Waals surface area contributed by atoms with Crippen molar-refractivity contribution in [2.45, 2.75) is 0 Å². The number of methoxy groups -OCH3 is 1. The Morgan fingerprint density at radius 1 is 1.50 bits per heavy atom. The maximum absolute atomic E-state index is 4.67. The zero-order chi connectivity index (χ0) is 6.24. The maximum Gasteiger partial charge on any atom is 0.107 e. The molecule has 0 aliphatic carbocycles. The predicted molar refractivity (Wildman–Crippen MR) is 32.6 cm³/mol. The first-order valence-corrected chi connectivity index (χ1v) is 2.42. The molecule has 0 aromatic rings. The van der Waals surface area contributed by atoms with E-state index in [1.54, 1.807) is 14.2 Å². The topological polar surface area (TPSA) is 23.3 Å². The smallest absolute Gasteiger partial charge is 0.107 e. The van der Waals surface area contributed by atoms with Gasteiger partial charge in [0, 0.05) is 14.2 Å². The largest absolute Gasteiger partial charge is 0.372 e. The van der Waals surface area contributed by atoms with Gasteiger partial charge in [0.25, 0.3) is 0 Å². The van der Waals surface area contributed by atoms with Crippen LogP contribution in [0.4, 0.5) is 0 Å². The molecular formula is C6H10NO. The Hall–Kier alpha value is -0.520. The molecule has 0 amide bonds. The molecule has 45 valence electrons. The molecule has 2 nitrogen and oxygen atoms in total. The summed E-state index contributed by atoms with van der Waals surface area (Å²) in [6.45, 7) is 1.12. The summed E-state index contributed by atoms with van der Waals surface area (Å²) >= 11 is 0. The number of nitrogens with zero attached hydrogens (tertiary/aromatic N) is 1. The number of hydrogen-bond acceptors (Lipinski definition) is 1. The Bertz CT molecular complexity index is 80.4. The highest BCUT2D eigenvalue weighted by Crippen LogP contribution is 1.60. The first-order valence-electron chi connectivity index (χ1n) is 2.42. The standard InChI is InChI=1S/C6H10NO/c1-7-5-3-4-6-8-2/h5-6H2,1-2H3. The van der Waals surface area contributed by atoms with E-state index in [0.717, 1.165) is 0 Å². The monoisotopic (exact) mass is 112 g/mol. The van der Waals surface area contributed by atoms with Crippen molar-refractivity contribution in [2.24, 2.45) is 0 Å². The van der Waals surface area contributed by atoms with Crippen LogP contribution in [-0.2, 0) is 4.74 Å². The molecule has 0 unspecified atom stereocenters. The van der Waals surface area contributed by atoms with E-state index < -0.39 is 0 Å². The minimum absolute atomic E-state index is 0.509. The molecule has 0 aromatic carbocycles. The van der Waals surface area contributed by atoms with Gasteiger partial charge in [-0.15, -0.1) is 0 Å². The average molecular weight is 112 g/mol. The third-order valence-electron chi connectivity index (χ3n) is 0.579. The lowest BCUT2D eigenvalue weighted by atomic mass is 10.6. The lowest BCUT2D eigenvalue weighted by Gasteiger charge is -1.81. The highest BCUT2D eigenvalue weighted by Gasteiger charge is 1.68. The van der Waals surface area contributed by atoms with Crippen LogP contribution in [0.25, 0.3) is 0 Å². The van der Waals surface area contributed by atoms with E-state index in [2.05, 4.69) is 21.9 Å². The van der Waals surface area contributed by atoms with Crippen LogP contribution in [0, 0.1) is 11.8 Å². The van der Waals surface area contributed by atoms with Crippen LogP contribution in [-0.4, -0.2) is 27.3 Å². The third kappa shape index (κ3) is 5.48. The van der Waals surface area contributed by atoms with E-state index in [0.29, 0.717) is 13.2 Å². The molecule has 0 saturated carbocycles. The van der Waals surface area contributed by atoms with Crippen molar-refractivity contribution in [2.75, 3.05) is 27.3 Å². The fraction of sp³-hybridized carbons (Fsp3) is 0.667. The van der Waals surface area contributed by atoms with Gasteiger partial charge in [0.2, 0.25) is 0 Å². The SMILES string of the molecule is C[N]CC#CCOC. The van der Waals surface area contributed by atoms with Gasteiger partial charge in [-0.3, -0.25) is 0 Å². The Labute approximate surface area is 50.2 Å². The fourth-order valence-electron chi connectivity index (χ4n) is 0.258. The number of rotatable bonds is 2. The first-order chi connectivity index (χ1) is 3.91. The Balaban J connectivity index is 2.95. The van der Waals surface area contributed by atoms with Gasteiger partial charge < -0.3 is 4.74 Å². The van der Waals surface area contributed by atoms with Crippen LogP contribution in [0.5, 0.6) is 0 Å². The summed E-state index contributed by atoms with van der Waals surface area (Å²) in [6.07, 6.45) is 0. The summed E-state index contributed by atoms with van der Waals surface area (Å²) in [5.41, 5.74) is 0. The Morgan fingerprint density at radius 2 is 2.25 bits per heavy atom. The van der Waals surface area contributed by atoms with Crippen molar-refractivity contribution in [3.05, 3.63) is 0 Å². The van der Waals surface area contributed by atoms with Crippen molar-refractivity contribution in [3.63, 3.8) is 0 Å². The van der Waals surface area contributed by atoms with Gasteiger partial charge in [-0.1, -0.05) is 11.8 Å². The van der Waals surface area contributed by atoms with Gasteiger partial charge in [0.1, 0.15) is 6.61 Å². The lowest BCUT2D eigenvalue weighted by molar-refractivity contribution is 0.239. The molecule has 8 heavy (non-hydrogen) atoms. The second kappa shape index (κ2) is 6.48. The quantitative estimate of drug-likeness (QED) is 0.456. The van der Waals surface area contributed by atoms with E-state index >= 15 is 0 Å². The van der Waals surface area contributed by atoms with Crippen molar-refractivity contribution in [3.8, 4) is 11.8 Å². The first kappa shape index (κ1) is 7.48. The molecule has 0 aromatic heterocycles. The summed E-state index contributed by atoms with van der Waals surface area (Å²) in [7, 11) is 3.36. The molecule has 0 N–H and O–H groups in total. The Morgan fingerprint density at radius 3 is 2.75 bits per heavy atom. The summed E-state index contributed by atoms with van der Waals surface area (Å²) in [5.74, 6) is 5.56. The van der Waals surface area contributed by atoms with Gasteiger partial charge in [-0.2, -0.15) is 0 Å². The minimum Gasteiger partial charge on any atom is -0.372 e. The zero-order valence-corrected chi connectivity index (χ0v) is 5.27. The third-order valence-corrected chi connectivity index (χ3v) is 0.579. The number of ether oxygens (including phenoxy) is 1. The van der Waals surface area contributed by atoms with Gasteiger partial charge in [0.05, 0.1) is 6.54 Å². The lowest BCUT2D eigenvalue weighted by Crippen LogP contribution is -1.95. The summed E-state index contributed by atoms with van der Waals surface area (Å²) in [5, 5.41) is 3.78. The molecule has 0 fully saturated rings. The van der Waals surface area contributed by atoms with E-state index in [4.69, 9.17) is 0 Å². The normalized spacial score (nSPS) is 7.75. The summed E-state index contributed by atoms with van der Waals surface area (Å²) < 4.78 is 4.67. The van der Waals surface area contributed by atoms with E-state index in [1.807, 2.05) is 0 Å². The molecule has 0 rings (SSSR count). The molecule has 0 spiro atoms. The summed E-state index contributed by atoms with van der Waals surface area (Å²) in [4.78, 5) is 0. The van der Waals surface area contributed by atoms with Crippen molar-refractivity contribution in [1.82, 2.24) is 5.32 Å². The van der Waals surface area contributed by atoms with E-state index in [1.165, 1.54) is 0 Å². The molecule has 0 aliphatic rings. The van der Waals surface area contributed by atoms with Crippen LogP contribution < -0.4 is 5.32 Å². The second-order valence-corrected chi connectivity index (χ2v) is 1.26. The Kier molecular flexibility index (Phi) is 6.06. The zero-order valence-electron chi connectivity index (χ0n) is 5.27. The van der Waals surface area contributed by atoms with Crippen molar-refractivity contribution >= 4 is 0 Å². The average Bonchev–Trinajstić information content (AvgIpc) is 1.81. The summed E-state index contributed by atoms with van der Waals surface area (Å²) in [6, 6.07) is 0. The van der Waals surface area contributed by atoms with E-state index in [9.17, 15) is 0 Å². The number of hydrogen-bond donors (Lipinski definition) is 0. The van der Waals surface area contributed by atoms with E-state index in [-0.39, 0.29) is 0 Å². The van der Waals surface area contributed by atoms with Crippen molar-refractivity contribution < 1.29 is 4.74 Å². The minimum atomic E-state index is 0.509. The van der Waals surface area contributed by atoms with Crippen LogP contribution in [0.3, 0.4) is 0 Å². The van der Waals surface area contributed by atoms with Crippen molar-refractivity contribution in [1.29, 1.82) is 0 Å². The molecule has 0 bridgehead atoms. The molecule has 0 saturated heterocycles. The van der Waals surface area contributed by atoms with Gasteiger partial charge >= 0.3 is 0 Å². The second-order valence-electron chi connectivity index (χ2n) is 1.26. The van der Waals surface area contributed by atoms with Crippen LogP contribution in [0.2, 0.25) is 0 Å². The highest BCUT2D eigenvalue weighted by molar-refractivity contribution is 5.00. The molecule has 0 aliphatic heterocycles. The molecule has 1 radical (unpaired) electrons. The van der Waals surface area contributed by atoms with Gasteiger partial charge in [0.15, 0.2) is 0 Å². The predicted octanol–water partition coefficient (Wildman–Crippen LogP) is -0.130. The van der Waals surface area contributed by atoms with Gasteiger partial charge in [-0.05, 0) is 0 Å². The van der Waals surface area contributed by atoms with Crippen LogP contribution in [0.15, 0.2) is 0 Å². The molecule has 2 heteroatoms. The van der Waals surface area contributed by atoms with Gasteiger partial charge in [-0.25, -0.2) is 5.32 Å². The molecular weight excluding hydrogens is 102 g/mol. The van der Waals surface area contributed by atoms with Crippen LogP contribution in [0.1, 0.15) is 0 Å². The maximum atomic E-state index is 4.67. The van der Waals surface area contributed by atoms with Crippen LogP contribution >= 0.6 is 0 Å². The fourth-order valence-corrected chi connectivity index (χ4v) is 0.258. The highest BCUT2D eigenvalue weighted by atomic mass is 16.5. The molecule has 0 atom stereocenters.